The Hall–Kier alpha value is -1.09. The number of hydrogen-bond acceptors (Lipinski definition) is 0. The van der Waals surface area contributed by atoms with Gasteiger partial charge in [-0.2, -0.15) is 24.3 Å². The largest absolute Gasteiger partial charge is 2.00 e. The first-order chi connectivity index (χ1) is 9.72. The van der Waals surface area contributed by atoms with Crippen LogP contribution < -0.4 is 17.0 Å². The van der Waals surface area contributed by atoms with Gasteiger partial charge in [0.15, 0.2) is 0 Å². The molecule has 0 aliphatic heterocycles. The molecule has 0 unspecified atom stereocenters. The first-order valence-electron chi connectivity index (χ1n) is 6.87. The minimum Gasteiger partial charge on any atom is -1.00 e. The molecular weight excluding hydrogens is 344 g/mol. The summed E-state index contributed by atoms with van der Waals surface area (Å²) in [6.45, 7) is 4.22. The summed E-state index contributed by atoms with van der Waals surface area (Å²) in [6, 6.07) is 26.8. The molecule has 0 aliphatic carbocycles. The molecule has 0 nitrogen and oxygen atoms in total. The topological polar surface area (TPSA) is 0 Å². The Morgan fingerprint density at radius 3 is 1.32 bits per heavy atom. The van der Waals surface area contributed by atoms with Crippen LogP contribution in [0.15, 0.2) is 66.7 Å². The standard InChI is InChI=1S/C20H17.BrH.Mg/c1-15-6-10-17(11-7-15)19-4-3-5-20(14-19)18-12-8-16(2)9-13-18;;/h4-14H,1-2H3;1H;/q-1;;+2/p-1. The molecule has 3 rings (SSSR count). The molecule has 3 aromatic rings. The van der Waals surface area contributed by atoms with Gasteiger partial charge < -0.3 is 17.0 Å². The van der Waals surface area contributed by atoms with Crippen LogP contribution in [0.3, 0.4) is 0 Å². The second-order valence-electron chi connectivity index (χ2n) is 5.24. The number of halogens is 1. The van der Waals surface area contributed by atoms with Gasteiger partial charge in [0.25, 0.3) is 0 Å². The fraction of sp³-hybridized carbons (Fsp3) is 0.100. The van der Waals surface area contributed by atoms with E-state index in [1.54, 1.807) is 0 Å². The maximum atomic E-state index is 3.26. The van der Waals surface area contributed by atoms with Gasteiger partial charge in [-0.25, -0.2) is 0 Å². The smallest absolute Gasteiger partial charge is 1.00 e. The van der Waals surface area contributed by atoms with Crippen molar-refractivity contribution in [3.63, 3.8) is 0 Å². The Kier molecular flexibility index (Phi) is 7.34. The number of rotatable bonds is 2. The molecule has 0 fully saturated rings. The monoisotopic (exact) mass is 360 g/mol. The predicted molar refractivity (Wildman–Crippen MR) is 91.4 cm³/mol. The molecule has 0 radical (unpaired) electrons. The fourth-order valence-electron chi connectivity index (χ4n) is 2.30. The van der Waals surface area contributed by atoms with Gasteiger partial charge in [0.1, 0.15) is 0 Å². The third-order valence-electron chi connectivity index (χ3n) is 3.56. The van der Waals surface area contributed by atoms with E-state index < -0.39 is 0 Å². The zero-order chi connectivity index (χ0) is 13.9. The van der Waals surface area contributed by atoms with Crippen LogP contribution in [-0.2, 0) is 0 Å². The number of benzene rings is 3. The van der Waals surface area contributed by atoms with Gasteiger partial charge in [0.05, 0.1) is 0 Å². The number of aryl methyl sites for hydroxylation is 2. The predicted octanol–water partition coefficient (Wildman–Crippen LogP) is 2.06. The van der Waals surface area contributed by atoms with Gasteiger partial charge >= 0.3 is 23.1 Å². The molecule has 0 bridgehead atoms. The van der Waals surface area contributed by atoms with Gasteiger partial charge in [0.2, 0.25) is 0 Å². The summed E-state index contributed by atoms with van der Waals surface area (Å²) < 4.78 is 0. The Labute approximate surface area is 159 Å². The first kappa shape index (κ1) is 19.0. The number of hydrogen-bond donors (Lipinski definition) is 0. The second kappa shape index (κ2) is 8.52. The molecule has 0 N–H and O–H groups in total. The molecule has 22 heavy (non-hydrogen) atoms. The summed E-state index contributed by atoms with van der Waals surface area (Å²) in [5.74, 6) is 0. The van der Waals surface area contributed by atoms with Crippen molar-refractivity contribution in [3.05, 3.63) is 83.9 Å². The minimum atomic E-state index is 0. The summed E-state index contributed by atoms with van der Waals surface area (Å²) in [5, 5.41) is 0. The van der Waals surface area contributed by atoms with Crippen LogP contribution in [0, 0.1) is 19.9 Å². The van der Waals surface area contributed by atoms with Crippen LogP contribution in [0.5, 0.6) is 0 Å². The maximum Gasteiger partial charge on any atom is 2.00 e. The van der Waals surface area contributed by atoms with E-state index in [2.05, 4.69) is 74.5 Å². The van der Waals surface area contributed by atoms with E-state index in [1.807, 2.05) is 12.1 Å². The van der Waals surface area contributed by atoms with Crippen molar-refractivity contribution >= 4 is 23.1 Å². The molecule has 2 heteroatoms. The Morgan fingerprint density at radius 2 is 0.955 bits per heavy atom. The van der Waals surface area contributed by atoms with Gasteiger partial charge in [-0.15, -0.1) is 11.1 Å². The second-order valence-corrected chi connectivity index (χ2v) is 5.24. The SMILES string of the molecule is Cc1ccc(-c2c[c-]cc(-c3ccc(C)cc3)c2)cc1.[Br-].[Mg+2]. The molecule has 0 aliphatic rings. The molecule has 0 heterocycles. The normalized spacial score (nSPS) is 9.55. The van der Waals surface area contributed by atoms with Gasteiger partial charge in [-0.1, -0.05) is 70.8 Å². The van der Waals surface area contributed by atoms with E-state index in [9.17, 15) is 0 Å². The van der Waals surface area contributed by atoms with Crippen LogP contribution in [0.1, 0.15) is 11.1 Å². The molecule has 0 saturated heterocycles. The molecule has 0 spiro atoms. The quantitative estimate of drug-likeness (QED) is 0.484. The third kappa shape index (κ3) is 4.45. The van der Waals surface area contributed by atoms with E-state index in [0.29, 0.717) is 0 Å². The van der Waals surface area contributed by atoms with Crippen LogP contribution in [0.25, 0.3) is 22.3 Å². The van der Waals surface area contributed by atoms with Crippen molar-refractivity contribution in [2.75, 3.05) is 0 Å². The average Bonchev–Trinajstić information content (AvgIpc) is 2.49. The summed E-state index contributed by atoms with van der Waals surface area (Å²) in [4.78, 5) is 0. The summed E-state index contributed by atoms with van der Waals surface area (Å²) in [6.07, 6.45) is 0. The van der Waals surface area contributed by atoms with Crippen molar-refractivity contribution < 1.29 is 17.0 Å². The molecule has 0 amide bonds. The van der Waals surface area contributed by atoms with Crippen LogP contribution in [0.2, 0.25) is 0 Å². The van der Waals surface area contributed by atoms with E-state index in [-0.39, 0.29) is 40.0 Å². The first-order valence-corrected chi connectivity index (χ1v) is 6.87. The molecule has 0 saturated carbocycles. The van der Waals surface area contributed by atoms with E-state index >= 15 is 0 Å². The van der Waals surface area contributed by atoms with Gasteiger partial charge in [-0.3, -0.25) is 0 Å². The zero-order valence-corrected chi connectivity index (χ0v) is 15.9. The van der Waals surface area contributed by atoms with E-state index in [0.717, 1.165) is 0 Å². The third-order valence-corrected chi connectivity index (χ3v) is 3.56. The minimum absolute atomic E-state index is 0. The fourth-order valence-corrected chi connectivity index (χ4v) is 2.30. The van der Waals surface area contributed by atoms with Crippen molar-refractivity contribution in [1.29, 1.82) is 0 Å². The van der Waals surface area contributed by atoms with Gasteiger partial charge in [-0.05, 0) is 13.8 Å². The molecular formula is C20H17BrMg. The Bertz CT molecular complexity index is 655. The van der Waals surface area contributed by atoms with Crippen molar-refractivity contribution in [2.24, 2.45) is 0 Å². The Morgan fingerprint density at radius 1 is 0.591 bits per heavy atom. The van der Waals surface area contributed by atoms with Gasteiger partial charge in [0, 0.05) is 0 Å². The Balaban J connectivity index is 0.00000121. The summed E-state index contributed by atoms with van der Waals surface area (Å²) >= 11 is 0. The molecule has 0 atom stereocenters. The summed E-state index contributed by atoms with van der Waals surface area (Å²) in [7, 11) is 0. The van der Waals surface area contributed by atoms with E-state index in [1.165, 1.54) is 33.4 Å². The van der Waals surface area contributed by atoms with Crippen molar-refractivity contribution in [3.8, 4) is 22.3 Å². The van der Waals surface area contributed by atoms with E-state index in [4.69, 9.17) is 0 Å². The van der Waals surface area contributed by atoms with Crippen molar-refractivity contribution in [1.82, 2.24) is 0 Å². The maximum absolute atomic E-state index is 3.26. The molecule has 0 aromatic heterocycles. The average molecular weight is 362 g/mol. The zero-order valence-electron chi connectivity index (χ0n) is 12.9. The van der Waals surface area contributed by atoms with Crippen LogP contribution >= 0.6 is 0 Å². The van der Waals surface area contributed by atoms with Crippen LogP contribution in [0.4, 0.5) is 0 Å². The molecule has 3 aromatic carbocycles. The van der Waals surface area contributed by atoms with Crippen molar-refractivity contribution in [2.45, 2.75) is 13.8 Å². The molecule has 106 valence electrons. The summed E-state index contributed by atoms with van der Waals surface area (Å²) in [5.41, 5.74) is 7.47. The van der Waals surface area contributed by atoms with Crippen LogP contribution in [-0.4, -0.2) is 23.1 Å².